The zero-order valence-electron chi connectivity index (χ0n) is 18.1. The van der Waals surface area contributed by atoms with Crippen LogP contribution in [0.1, 0.15) is 48.2 Å². The van der Waals surface area contributed by atoms with Crippen LogP contribution in [-0.4, -0.2) is 48.2 Å². The van der Waals surface area contributed by atoms with Crippen LogP contribution in [0.15, 0.2) is 78.9 Å². The molecule has 6 heteroatoms. The van der Waals surface area contributed by atoms with Gasteiger partial charge in [0.05, 0.1) is 23.7 Å². The van der Waals surface area contributed by atoms with Crippen molar-refractivity contribution < 1.29 is 14.4 Å². The normalized spacial score (nSPS) is 13.9. The smallest absolute Gasteiger partial charge is 0.261 e. The van der Waals surface area contributed by atoms with Gasteiger partial charge in [-0.2, -0.15) is 0 Å². The maximum atomic E-state index is 12.8. The van der Waals surface area contributed by atoms with Gasteiger partial charge in [-0.15, -0.1) is 0 Å². The molecule has 6 nitrogen and oxygen atoms in total. The molecular formula is C26H25N3O3. The number of hydrogen-bond donors (Lipinski definition) is 1. The number of rotatable bonds is 7. The van der Waals surface area contributed by atoms with Gasteiger partial charge in [-0.1, -0.05) is 54.6 Å². The molecule has 3 aromatic carbocycles. The highest BCUT2D eigenvalue weighted by Crippen LogP contribution is 2.24. The van der Waals surface area contributed by atoms with Gasteiger partial charge in [-0.25, -0.2) is 0 Å². The van der Waals surface area contributed by atoms with E-state index in [1.807, 2.05) is 50.5 Å². The molecule has 1 aliphatic rings. The summed E-state index contributed by atoms with van der Waals surface area (Å²) in [5.74, 6) is -0.814. The summed E-state index contributed by atoms with van der Waals surface area (Å²) in [5.41, 5.74) is 3.17. The Morgan fingerprint density at radius 3 is 2.12 bits per heavy atom. The minimum absolute atomic E-state index is 0.0432. The number of fused-ring (bicyclic) bond motifs is 1. The maximum absolute atomic E-state index is 12.8. The number of amides is 3. The van der Waals surface area contributed by atoms with E-state index >= 15 is 0 Å². The molecule has 1 unspecified atom stereocenters. The Labute approximate surface area is 187 Å². The lowest BCUT2D eigenvalue weighted by atomic mass is 10.1. The van der Waals surface area contributed by atoms with E-state index in [0.29, 0.717) is 23.2 Å². The van der Waals surface area contributed by atoms with Crippen LogP contribution in [0.5, 0.6) is 0 Å². The van der Waals surface area contributed by atoms with Crippen LogP contribution in [0.4, 0.5) is 0 Å². The molecule has 0 saturated carbocycles. The molecule has 162 valence electrons. The van der Waals surface area contributed by atoms with E-state index < -0.39 is 0 Å². The Morgan fingerprint density at radius 2 is 1.50 bits per heavy atom. The molecule has 1 aliphatic heterocycles. The SMILES string of the molecule is CN(C)C(CNC(=O)c1cccc(CN2C(=O)c3ccccc3C2=O)c1)c1ccccc1. The van der Waals surface area contributed by atoms with Gasteiger partial charge in [0.25, 0.3) is 17.7 Å². The first-order valence-corrected chi connectivity index (χ1v) is 10.5. The van der Waals surface area contributed by atoms with Crippen LogP contribution in [0.3, 0.4) is 0 Å². The lowest BCUT2D eigenvalue weighted by Crippen LogP contribution is -2.34. The van der Waals surface area contributed by atoms with Gasteiger partial charge < -0.3 is 10.2 Å². The third-order valence-corrected chi connectivity index (χ3v) is 5.67. The van der Waals surface area contributed by atoms with Gasteiger partial charge in [0.1, 0.15) is 0 Å². The second-order valence-corrected chi connectivity index (χ2v) is 8.04. The lowest BCUT2D eigenvalue weighted by molar-refractivity contribution is 0.0642. The summed E-state index contributed by atoms with van der Waals surface area (Å²) in [6.07, 6.45) is 0. The van der Waals surface area contributed by atoms with Crippen molar-refractivity contribution in [1.29, 1.82) is 0 Å². The minimum atomic E-state index is -0.308. The van der Waals surface area contributed by atoms with Crippen molar-refractivity contribution in [3.8, 4) is 0 Å². The van der Waals surface area contributed by atoms with Crippen molar-refractivity contribution in [2.45, 2.75) is 12.6 Å². The Hall–Kier alpha value is -3.77. The second kappa shape index (κ2) is 9.16. The van der Waals surface area contributed by atoms with Gasteiger partial charge in [0, 0.05) is 12.1 Å². The highest BCUT2D eigenvalue weighted by molar-refractivity contribution is 6.21. The fourth-order valence-electron chi connectivity index (χ4n) is 3.94. The molecule has 3 amide bonds. The van der Waals surface area contributed by atoms with E-state index in [2.05, 4.69) is 10.2 Å². The quantitative estimate of drug-likeness (QED) is 0.586. The molecule has 32 heavy (non-hydrogen) atoms. The third kappa shape index (κ3) is 4.31. The van der Waals surface area contributed by atoms with Crippen molar-refractivity contribution in [2.75, 3.05) is 20.6 Å². The molecule has 0 fully saturated rings. The fraction of sp³-hybridized carbons (Fsp3) is 0.192. The van der Waals surface area contributed by atoms with Gasteiger partial charge in [-0.3, -0.25) is 19.3 Å². The zero-order valence-corrected chi connectivity index (χ0v) is 18.1. The summed E-state index contributed by atoms with van der Waals surface area (Å²) in [4.78, 5) is 41.4. The predicted molar refractivity (Wildman–Crippen MR) is 122 cm³/mol. The molecular weight excluding hydrogens is 402 g/mol. The van der Waals surface area contributed by atoms with Crippen molar-refractivity contribution in [1.82, 2.24) is 15.1 Å². The van der Waals surface area contributed by atoms with Crippen LogP contribution >= 0.6 is 0 Å². The van der Waals surface area contributed by atoms with E-state index in [1.165, 1.54) is 4.90 Å². The molecule has 3 aromatic rings. The first kappa shape index (κ1) is 21.5. The van der Waals surface area contributed by atoms with E-state index in [1.54, 1.807) is 42.5 Å². The molecule has 0 saturated heterocycles. The average Bonchev–Trinajstić information content (AvgIpc) is 3.05. The first-order valence-electron chi connectivity index (χ1n) is 10.5. The first-order chi connectivity index (χ1) is 15.5. The molecule has 0 spiro atoms. The Kier molecular flexibility index (Phi) is 6.14. The van der Waals surface area contributed by atoms with Crippen LogP contribution in [0, 0.1) is 0 Å². The number of nitrogens with zero attached hydrogens (tertiary/aromatic N) is 2. The largest absolute Gasteiger partial charge is 0.350 e. The third-order valence-electron chi connectivity index (χ3n) is 5.67. The van der Waals surface area contributed by atoms with Crippen molar-refractivity contribution in [2.24, 2.45) is 0 Å². The summed E-state index contributed by atoms with van der Waals surface area (Å²) in [6, 6.07) is 23.9. The van der Waals surface area contributed by atoms with Crippen LogP contribution in [-0.2, 0) is 6.54 Å². The van der Waals surface area contributed by atoms with E-state index in [4.69, 9.17) is 0 Å². The summed E-state index contributed by atoms with van der Waals surface area (Å²) in [7, 11) is 3.96. The highest BCUT2D eigenvalue weighted by atomic mass is 16.2. The molecule has 0 aromatic heterocycles. The Bertz CT molecular complexity index is 1120. The maximum Gasteiger partial charge on any atom is 0.261 e. The molecule has 1 heterocycles. The van der Waals surface area contributed by atoms with E-state index in [-0.39, 0.29) is 30.3 Å². The van der Waals surface area contributed by atoms with E-state index in [9.17, 15) is 14.4 Å². The number of hydrogen-bond acceptors (Lipinski definition) is 4. The van der Waals surface area contributed by atoms with Gasteiger partial charge in [-0.05, 0) is 49.5 Å². The number of likely N-dealkylation sites (N-methyl/N-ethyl adjacent to an activating group) is 1. The van der Waals surface area contributed by atoms with Crippen molar-refractivity contribution in [3.63, 3.8) is 0 Å². The predicted octanol–water partition coefficient (Wildman–Crippen LogP) is 3.52. The van der Waals surface area contributed by atoms with Crippen LogP contribution < -0.4 is 5.32 Å². The fourth-order valence-corrected chi connectivity index (χ4v) is 3.94. The summed E-state index contributed by atoms with van der Waals surface area (Å²) < 4.78 is 0. The molecule has 4 rings (SSSR count). The van der Waals surface area contributed by atoms with Gasteiger partial charge >= 0.3 is 0 Å². The molecule has 1 atom stereocenters. The van der Waals surface area contributed by atoms with Gasteiger partial charge in [0.2, 0.25) is 0 Å². The Morgan fingerprint density at radius 1 is 0.875 bits per heavy atom. The van der Waals surface area contributed by atoms with Crippen molar-refractivity contribution >= 4 is 17.7 Å². The molecule has 0 radical (unpaired) electrons. The standard InChI is InChI=1S/C26H25N3O3/c1-28(2)23(19-10-4-3-5-11-19)16-27-24(30)20-12-8-9-18(15-20)17-29-25(31)21-13-6-7-14-22(21)26(29)32/h3-15,23H,16-17H2,1-2H3,(H,27,30). The van der Waals surface area contributed by atoms with Crippen LogP contribution in [0.2, 0.25) is 0 Å². The molecule has 0 aliphatic carbocycles. The number of carbonyl (C=O) groups excluding carboxylic acids is 3. The van der Waals surface area contributed by atoms with Crippen molar-refractivity contribution in [3.05, 3.63) is 107 Å². The minimum Gasteiger partial charge on any atom is -0.350 e. The lowest BCUT2D eigenvalue weighted by Gasteiger charge is -2.25. The monoisotopic (exact) mass is 427 g/mol. The molecule has 1 N–H and O–H groups in total. The number of benzene rings is 3. The number of nitrogens with one attached hydrogen (secondary N) is 1. The summed E-state index contributed by atoms with van der Waals surface area (Å²) in [6.45, 7) is 0.580. The summed E-state index contributed by atoms with van der Waals surface area (Å²) >= 11 is 0. The zero-order chi connectivity index (χ0) is 22.7. The Balaban J connectivity index is 1.44. The van der Waals surface area contributed by atoms with Crippen LogP contribution in [0.25, 0.3) is 0 Å². The highest BCUT2D eigenvalue weighted by Gasteiger charge is 2.35. The number of carbonyl (C=O) groups is 3. The van der Waals surface area contributed by atoms with Gasteiger partial charge in [0.15, 0.2) is 0 Å². The second-order valence-electron chi connectivity index (χ2n) is 8.04. The number of imide groups is 1. The van der Waals surface area contributed by atoms with E-state index in [0.717, 1.165) is 11.1 Å². The topological polar surface area (TPSA) is 69.7 Å². The summed E-state index contributed by atoms with van der Waals surface area (Å²) in [5, 5.41) is 3.00. The average molecular weight is 428 g/mol. The molecule has 0 bridgehead atoms.